The van der Waals surface area contributed by atoms with Crippen LogP contribution in [0.5, 0.6) is 0 Å². The van der Waals surface area contributed by atoms with Crippen LogP contribution in [-0.2, 0) is 4.79 Å². The van der Waals surface area contributed by atoms with Gasteiger partial charge in [0, 0.05) is 6.07 Å². The number of hydrogen-bond donors (Lipinski definition) is 0. The normalized spacial score (nSPS) is 25.9. The first-order valence-electron chi connectivity index (χ1n) is 4.61. The highest BCUT2D eigenvalue weighted by Crippen LogP contribution is 2.39. The van der Waals surface area contributed by atoms with Gasteiger partial charge in [0.1, 0.15) is 5.75 Å². The van der Waals surface area contributed by atoms with Crippen LogP contribution in [0.3, 0.4) is 0 Å². The van der Waals surface area contributed by atoms with Crippen LogP contribution in [0.2, 0.25) is 0 Å². The van der Waals surface area contributed by atoms with Crippen molar-refractivity contribution in [2.45, 2.75) is 4.90 Å². The lowest BCUT2D eigenvalue weighted by molar-refractivity contribution is -0.124. The van der Waals surface area contributed by atoms with E-state index in [2.05, 4.69) is 5.88 Å². The summed E-state index contributed by atoms with van der Waals surface area (Å²) in [7, 11) is 1.90. The predicted molar refractivity (Wildman–Crippen MR) is 66.6 cm³/mol. The quantitative estimate of drug-likeness (QED) is 0.582. The Morgan fingerprint density at radius 2 is 2.20 bits per heavy atom. The zero-order valence-corrected chi connectivity index (χ0v) is 10.3. The Morgan fingerprint density at radius 1 is 1.47 bits per heavy atom. The largest absolute Gasteiger partial charge is 0.330 e. The Balaban J connectivity index is 2.48. The van der Waals surface area contributed by atoms with Gasteiger partial charge < -0.3 is 0 Å². The third-order valence-corrected chi connectivity index (χ3v) is 4.18. The van der Waals surface area contributed by atoms with E-state index in [1.54, 1.807) is 11.8 Å². The van der Waals surface area contributed by atoms with Gasteiger partial charge in [0.2, 0.25) is 0 Å². The summed E-state index contributed by atoms with van der Waals surface area (Å²) in [6.45, 7) is 0. The average Bonchev–Trinajstić information content (AvgIpc) is 2.60. The topological polar surface area (TPSA) is 17.1 Å². The number of rotatable bonds is 2. The maximum absolute atomic E-state index is 11.8. The molecule has 1 heterocycles. The summed E-state index contributed by atoms with van der Waals surface area (Å²) in [5.41, 5.74) is 1.03. The zero-order valence-electron chi connectivity index (χ0n) is 8.69. The minimum atomic E-state index is 0.196. The summed E-state index contributed by atoms with van der Waals surface area (Å²) in [6, 6.07) is 8.01. The van der Waals surface area contributed by atoms with E-state index in [0.717, 1.165) is 10.6 Å². The standard InChI is InChI=1S/C11H12NOS2/c1-12(8-15-7-11(12)13)9-5-3-4-6-10(9)14-2/h3-6H,7H2,1-2H3/q+1. The van der Waals surface area contributed by atoms with E-state index in [1.165, 1.54) is 11.8 Å². The second-order valence-corrected chi connectivity index (χ2v) is 5.06. The first kappa shape index (κ1) is 11.0. The highest BCUT2D eigenvalue weighted by molar-refractivity contribution is 8.02. The Bertz CT molecular complexity index is 394. The molecule has 2 radical (unpaired) electrons. The summed E-state index contributed by atoms with van der Waals surface area (Å²) in [5, 5.41) is 0. The first-order valence-corrected chi connectivity index (χ1v) is 6.82. The molecule has 78 valence electrons. The SMILES string of the molecule is CSc1ccccc1[N+]1(C)[C]SCC1=O. The number of thioether (sulfide) groups is 2. The molecule has 1 aliphatic heterocycles. The minimum absolute atomic E-state index is 0.196. The molecule has 2 nitrogen and oxygen atoms in total. The van der Waals surface area contributed by atoms with Gasteiger partial charge in [-0.2, -0.15) is 0 Å². The smallest absolute Gasteiger partial charge is 0.229 e. The molecule has 1 fully saturated rings. The van der Waals surface area contributed by atoms with E-state index in [0.29, 0.717) is 5.75 Å². The van der Waals surface area contributed by atoms with Gasteiger partial charge in [0.25, 0.3) is 0 Å². The van der Waals surface area contributed by atoms with E-state index < -0.39 is 0 Å². The molecule has 0 aromatic heterocycles. The molecule has 1 aromatic carbocycles. The number of benzene rings is 1. The third-order valence-electron chi connectivity index (χ3n) is 2.51. The number of nitrogens with zero attached hydrogens (tertiary/aromatic N) is 1. The van der Waals surface area contributed by atoms with Crippen molar-refractivity contribution in [3.8, 4) is 0 Å². The van der Waals surface area contributed by atoms with E-state index in [9.17, 15) is 4.79 Å². The van der Waals surface area contributed by atoms with Crippen LogP contribution in [0.15, 0.2) is 29.2 Å². The van der Waals surface area contributed by atoms with Crippen LogP contribution in [-0.4, -0.2) is 25.0 Å². The molecule has 1 atom stereocenters. The Kier molecular flexibility index (Phi) is 3.09. The minimum Gasteiger partial charge on any atom is -0.229 e. The molecule has 1 amide bonds. The van der Waals surface area contributed by atoms with Crippen molar-refractivity contribution in [2.75, 3.05) is 19.1 Å². The summed E-state index contributed by atoms with van der Waals surface area (Å²) in [5.74, 6) is 3.89. The van der Waals surface area contributed by atoms with Crippen LogP contribution in [0, 0.1) is 5.88 Å². The molecule has 0 spiro atoms. The molecule has 1 unspecified atom stereocenters. The number of amides is 1. The summed E-state index contributed by atoms with van der Waals surface area (Å²) >= 11 is 3.13. The number of hydrogen-bond acceptors (Lipinski definition) is 3. The molecule has 0 N–H and O–H groups in total. The van der Waals surface area contributed by atoms with Gasteiger partial charge in [-0.25, -0.2) is 9.28 Å². The summed E-state index contributed by atoms with van der Waals surface area (Å²) < 4.78 is 0.196. The fraction of sp³-hybridized carbons (Fsp3) is 0.273. The van der Waals surface area contributed by atoms with Crippen LogP contribution in [0.1, 0.15) is 0 Å². The molecule has 4 heteroatoms. The molecule has 1 saturated heterocycles. The maximum atomic E-state index is 11.8. The van der Waals surface area contributed by atoms with Crippen molar-refractivity contribution in [1.29, 1.82) is 0 Å². The molecule has 0 saturated carbocycles. The average molecular weight is 238 g/mol. The third kappa shape index (κ3) is 1.82. The van der Waals surface area contributed by atoms with Gasteiger partial charge >= 0.3 is 11.8 Å². The lowest BCUT2D eigenvalue weighted by atomic mass is 10.2. The van der Waals surface area contributed by atoms with E-state index in [1.807, 2.05) is 37.6 Å². The van der Waals surface area contributed by atoms with Crippen molar-refractivity contribution in [2.24, 2.45) is 0 Å². The lowest BCUT2D eigenvalue weighted by Crippen LogP contribution is -2.44. The number of carbonyl (C=O) groups excluding carboxylic acids is 1. The number of carbonyl (C=O) groups is 1. The van der Waals surface area contributed by atoms with Gasteiger partial charge in [0.05, 0.1) is 11.9 Å². The van der Waals surface area contributed by atoms with Gasteiger partial charge in [-0.05, 0) is 12.3 Å². The maximum Gasteiger partial charge on any atom is 0.330 e. The fourth-order valence-electron chi connectivity index (χ4n) is 1.59. The van der Waals surface area contributed by atoms with E-state index >= 15 is 0 Å². The Hall–Kier alpha value is -0.450. The zero-order chi connectivity index (χ0) is 10.9. The number of quaternary nitrogens is 1. The molecule has 0 aliphatic carbocycles. The summed E-state index contributed by atoms with van der Waals surface area (Å²) in [4.78, 5) is 13.0. The van der Waals surface area contributed by atoms with Gasteiger partial charge in [-0.3, -0.25) is 0 Å². The van der Waals surface area contributed by atoms with Crippen LogP contribution < -0.4 is 4.48 Å². The van der Waals surface area contributed by atoms with Crippen LogP contribution >= 0.6 is 23.5 Å². The van der Waals surface area contributed by atoms with Crippen molar-refractivity contribution in [3.05, 3.63) is 30.1 Å². The monoisotopic (exact) mass is 238 g/mol. The Labute approximate surface area is 98.6 Å². The van der Waals surface area contributed by atoms with Crippen molar-refractivity contribution < 1.29 is 4.79 Å². The molecule has 1 aliphatic rings. The van der Waals surface area contributed by atoms with Crippen molar-refractivity contribution >= 4 is 35.1 Å². The fourth-order valence-corrected chi connectivity index (χ4v) is 3.16. The lowest BCUT2D eigenvalue weighted by Gasteiger charge is -2.24. The van der Waals surface area contributed by atoms with E-state index in [4.69, 9.17) is 0 Å². The summed E-state index contributed by atoms with van der Waals surface area (Å²) in [6.07, 6.45) is 2.03. The van der Waals surface area contributed by atoms with Crippen molar-refractivity contribution in [3.63, 3.8) is 0 Å². The van der Waals surface area contributed by atoms with Gasteiger partial charge in [-0.15, -0.1) is 11.8 Å². The second kappa shape index (κ2) is 4.20. The Morgan fingerprint density at radius 3 is 2.80 bits per heavy atom. The molecule has 0 bridgehead atoms. The molecular formula is C11H12NOS2+. The van der Waals surface area contributed by atoms with Crippen molar-refractivity contribution in [1.82, 2.24) is 4.48 Å². The van der Waals surface area contributed by atoms with E-state index in [-0.39, 0.29) is 10.4 Å². The second-order valence-electron chi connectivity index (χ2n) is 3.45. The molecule has 15 heavy (non-hydrogen) atoms. The van der Waals surface area contributed by atoms with Crippen LogP contribution in [0.25, 0.3) is 0 Å². The molecular weight excluding hydrogens is 226 g/mol. The number of para-hydroxylation sites is 1. The van der Waals surface area contributed by atoms with Crippen LogP contribution in [0.4, 0.5) is 5.69 Å². The highest BCUT2D eigenvalue weighted by atomic mass is 32.2. The highest BCUT2D eigenvalue weighted by Gasteiger charge is 2.43. The predicted octanol–water partition coefficient (Wildman–Crippen LogP) is 2.62. The van der Waals surface area contributed by atoms with Gasteiger partial charge in [-0.1, -0.05) is 23.9 Å². The van der Waals surface area contributed by atoms with Gasteiger partial charge in [0.15, 0.2) is 5.69 Å². The first-order chi connectivity index (χ1) is 7.18. The molecule has 1 aromatic rings. The molecule has 2 rings (SSSR count).